The number of carbonyl (C=O) groups is 1. The lowest BCUT2D eigenvalue weighted by Gasteiger charge is -2.42. The second kappa shape index (κ2) is 4.64. The molecular formula is C14H20Cl2O2Si. The first-order valence-corrected chi connectivity index (χ1v) is 10.1. The van der Waals surface area contributed by atoms with Gasteiger partial charge in [-0.2, -0.15) is 0 Å². The second-order valence-corrected chi connectivity index (χ2v) is 10.3. The molecule has 1 saturated carbocycles. The standard InChI is InChI=1S/C14H20Cl2O2Si/c1-13(2,3)12(18-19(4)5)8-6-7-9-10(8)11(17)14(9,15)16/h6-7,9-10,19H,1-5H3/b12-8+. The Morgan fingerprint density at radius 3 is 2.42 bits per heavy atom. The molecule has 106 valence electrons. The number of hydrogen-bond acceptors (Lipinski definition) is 2. The Labute approximate surface area is 126 Å². The average molecular weight is 319 g/mol. The molecule has 0 saturated heterocycles. The zero-order valence-corrected chi connectivity index (χ0v) is 14.6. The van der Waals surface area contributed by atoms with Gasteiger partial charge in [-0.05, 0) is 18.7 Å². The highest BCUT2D eigenvalue weighted by Crippen LogP contribution is 2.57. The minimum absolute atomic E-state index is 0.100. The normalized spacial score (nSPS) is 31.3. The van der Waals surface area contributed by atoms with Gasteiger partial charge in [0.2, 0.25) is 9.04 Å². The van der Waals surface area contributed by atoms with Gasteiger partial charge < -0.3 is 4.43 Å². The molecule has 2 rings (SSSR count). The molecule has 0 heterocycles. The average Bonchev–Trinajstić information content (AvgIpc) is 2.65. The first-order valence-electron chi connectivity index (χ1n) is 6.58. The van der Waals surface area contributed by atoms with E-state index in [9.17, 15) is 4.79 Å². The van der Waals surface area contributed by atoms with Crippen LogP contribution < -0.4 is 0 Å². The fraction of sp³-hybridized carbons (Fsp3) is 0.643. The van der Waals surface area contributed by atoms with Crippen LogP contribution in [0.3, 0.4) is 0 Å². The van der Waals surface area contributed by atoms with Crippen molar-refractivity contribution in [3.05, 3.63) is 23.5 Å². The number of rotatable bonds is 2. The molecular weight excluding hydrogens is 299 g/mol. The molecule has 2 atom stereocenters. The van der Waals surface area contributed by atoms with Crippen molar-refractivity contribution in [1.82, 2.24) is 0 Å². The third-order valence-electron chi connectivity index (χ3n) is 3.50. The van der Waals surface area contributed by atoms with Crippen LogP contribution >= 0.6 is 23.2 Å². The molecule has 5 heteroatoms. The van der Waals surface area contributed by atoms with Crippen LogP contribution in [0.15, 0.2) is 23.5 Å². The topological polar surface area (TPSA) is 26.3 Å². The summed E-state index contributed by atoms with van der Waals surface area (Å²) in [6.07, 6.45) is 3.91. The van der Waals surface area contributed by atoms with Crippen LogP contribution in [0.1, 0.15) is 20.8 Å². The molecule has 0 aromatic heterocycles. The van der Waals surface area contributed by atoms with Crippen molar-refractivity contribution in [2.24, 2.45) is 17.3 Å². The summed E-state index contributed by atoms with van der Waals surface area (Å²) >= 11 is 12.1. The Hall–Kier alpha value is -0.253. The maximum atomic E-state index is 12.1. The molecule has 0 bridgehead atoms. The SMILES string of the molecule is C[SiH](C)O/C(=C1\C=CC2C1C(=O)C2(Cl)Cl)C(C)(C)C. The molecule has 2 aliphatic carbocycles. The van der Waals surface area contributed by atoms with Gasteiger partial charge >= 0.3 is 0 Å². The maximum absolute atomic E-state index is 12.1. The molecule has 2 nitrogen and oxygen atoms in total. The number of ketones is 1. The summed E-state index contributed by atoms with van der Waals surface area (Å²) in [5, 5.41) is 0. The van der Waals surface area contributed by atoms with E-state index >= 15 is 0 Å². The van der Waals surface area contributed by atoms with E-state index in [0.29, 0.717) is 0 Å². The Kier molecular flexibility index (Phi) is 3.70. The molecule has 0 aromatic carbocycles. The van der Waals surface area contributed by atoms with E-state index in [1.807, 2.05) is 12.2 Å². The van der Waals surface area contributed by atoms with Crippen molar-refractivity contribution >= 4 is 38.0 Å². The number of carbonyl (C=O) groups excluding carboxylic acids is 1. The predicted molar refractivity (Wildman–Crippen MR) is 82.0 cm³/mol. The van der Waals surface area contributed by atoms with Crippen LogP contribution in [0.2, 0.25) is 13.1 Å². The molecule has 1 fully saturated rings. The van der Waals surface area contributed by atoms with E-state index in [2.05, 4.69) is 33.9 Å². The van der Waals surface area contributed by atoms with Crippen molar-refractivity contribution in [2.75, 3.05) is 0 Å². The summed E-state index contributed by atoms with van der Waals surface area (Å²) in [5.74, 6) is 0.511. The Balaban J connectivity index is 2.41. The van der Waals surface area contributed by atoms with Crippen molar-refractivity contribution in [3.8, 4) is 0 Å². The molecule has 19 heavy (non-hydrogen) atoms. The predicted octanol–water partition coefficient (Wildman–Crippen LogP) is 3.85. The van der Waals surface area contributed by atoms with Crippen molar-refractivity contribution in [1.29, 1.82) is 0 Å². The molecule has 2 aliphatic rings. The van der Waals surface area contributed by atoms with Gasteiger partial charge in [-0.15, -0.1) is 0 Å². The third-order valence-corrected chi connectivity index (χ3v) is 5.09. The van der Waals surface area contributed by atoms with Crippen LogP contribution in [0.25, 0.3) is 0 Å². The lowest BCUT2D eigenvalue weighted by Crippen LogP contribution is -2.54. The van der Waals surface area contributed by atoms with Crippen LogP contribution in [-0.4, -0.2) is 19.2 Å². The van der Waals surface area contributed by atoms with Crippen LogP contribution in [-0.2, 0) is 9.22 Å². The van der Waals surface area contributed by atoms with E-state index in [4.69, 9.17) is 27.6 Å². The van der Waals surface area contributed by atoms with Crippen molar-refractivity contribution in [3.63, 3.8) is 0 Å². The zero-order valence-electron chi connectivity index (χ0n) is 12.0. The maximum Gasteiger partial charge on any atom is 0.229 e. The fourth-order valence-electron chi connectivity index (χ4n) is 2.66. The molecule has 0 spiro atoms. The number of hydrogen-bond donors (Lipinski definition) is 0. The number of Topliss-reactive ketones (excluding diaryl/α,β-unsaturated/α-hetero) is 1. The molecule has 0 aromatic rings. The lowest BCUT2D eigenvalue weighted by molar-refractivity contribution is -0.131. The van der Waals surface area contributed by atoms with Gasteiger partial charge in [0.05, 0.1) is 11.7 Å². The number of allylic oxidation sites excluding steroid dienone is 4. The van der Waals surface area contributed by atoms with Crippen LogP contribution in [0.4, 0.5) is 0 Å². The van der Waals surface area contributed by atoms with Gasteiger partial charge in [-0.1, -0.05) is 56.1 Å². The largest absolute Gasteiger partial charge is 0.549 e. The monoisotopic (exact) mass is 318 g/mol. The summed E-state index contributed by atoms with van der Waals surface area (Å²) in [6, 6.07) is 0. The quantitative estimate of drug-likeness (QED) is 0.439. The number of alkyl halides is 2. The van der Waals surface area contributed by atoms with E-state index in [0.717, 1.165) is 11.3 Å². The summed E-state index contributed by atoms with van der Waals surface area (Å²) in [6.45, 7) is 10.6. The summed E-state index contributed by atoms with van der Waals surface area (Å²) < 4.78 is 4.85. The van der Waals surface area contributed by atoms with Crippen molar-refractivity contribution in [2.45, 2.75) is 38.2 Å². The molecule has 0 radical (unpaired) electrons. The molecule has 2 unspecified atom stereocenters. The second-order valence-electron chi connectivity index (χ2n) is 6.55. The molecule has 0 N–H and O–H groups in total. The van der Waals surface area contributed by atoms with E-state index in [1.54, 1.807) is 0 Å². The van der Waals surface area contributed by atoms with Gasteiger partial charge in [-0.25, -0.2) is 0 Å². The highest BCUT2D eigenvalue weighted by molar-refractivity contribution is 6.61. The number of fused-ring (bicyclic) bond motifs is 1. The highest BCUT2D eigenvalue weighted by atomic mass is 35.5. The van der Waals surface area contributed by atoms with Gasteiger partial charge in [0.1, 0.15) is 0 Å². The highest BCUT2D eigenvalue weighted by Gasteiger charge is 2.62. The Morgan fingerprint density at radius 1 is 1.37 bits per heavy atom. The van der Waals surface area contributed by atoms with Gasteiger partial charge in [0.15, 0.2) is 10.1 Å². The molecule has 0 aliphatic heterocycles. The zero-order chi connectivity index (χ0) is 14.6. The fourth-order valence-corrected chi connectivity index (χ4v) is 4.25. The Bertz CT molecular complexity index is 472. The Morgan fingerprint density at radius 2 is 1.95 bits per heavy atom. The van der Waals surface area contributed by atoms with E-state index in [-0.39, 0.29) is 23.0 Å². The first-order chi connectivity index (χ1) is 8.56. The lowest BCUT2D eigenvalue weighted by atomic mass is 9.70. The van der Waals surface area contributed by atoms with Crippen LogP contribution in [0.5, 0.6) is 0 Å². The van der Waals surface area contributed by atoms with Crippen molar-refractivity contribution < 1.29 is 9.22 Å². The van der Waals surface area contributed by atoms with Gasteiger partial charge in [-0.3, -0.25) is 4.79 Å². The third kappa shape index (κ3) is 2.41. The summed E-state index contributed by atoms with van der Waals surface area (Å²) in [4.78, 5) is 12.1. The minimum Gasteiger partial charge on any atom is -0.549 e. The van der Waals surface area contributed by atoms with E-state index < -0.39 is 13.4 Å². The summed E-state index contributed by atoms with van der Waals surface area (Å²) in [5.41, 5.74) is 0.851. The van der Waals surface area contributed by atoms with E-state index in [1.165, 1.54) is 0 Å². The minimum atomic E-state index is -1.25. The first kappa shape index (κ1) is 15.1. The van der Waals surface area contributed by atoms with Gasteiger partial charge in [0.25, 0.3) is 0 Å². The smallest absolute Gasteiger partial charge is 0.229 e. The molecule has 0 amide bonds. The van der Waals surface area contributed by atoms with Gasteiger partial charge in [0, 0.05) is 11.3 Å². The number of halogens is 2. The van der Waals surface area contributed by atoms with Crippen LogP contribution in [0, 0.1) is 17.3 Å². The summed E-state index contributed by atoms with van der Waals surface area (Å²) in [7, 11) is -1.23.